The van der Waals surface area contributed by atoms with Gasteiger partial charge in [0.1, 0.15) is 0 Å². The van der Waals surface area contributed by atoms with Gasteiger partial charge >= 0.3 is 0 Å². The summed E-state index contributed by atoms with van der Waals surface area (Å²) in [5, 5.41) is 3.47. The van der Waals surface area contributed by atoms with E-state index in [2.05, 4.69) is 5.32 Å². The van der Waals surface area contributed by atoms with Gasteiger partial charge in [0, 0.05) is 25.3 Å². The lowest BCUT2D eigenvalue weighted by Crippen LogP contribution is -2.28. The average Bonchev–Trinajstić information content (AvgIpc) is 2.84. The molecule has 1 saturated carbocycles. The minimum atomic E-state index is -0.367. The quantitative estimate of drug-likeness (QED) is 0.828. The van der Waals surface area contributed by atoms with Crippen LogP contribution in [0.2, 0.25) is 0 Å². The van der Waals surface area contributed by atoms with Gasteiger partial charge in [0.05, 0.1) is 6.10 Å². The Morgan fingerprint density at radius 3 is 2.89 bits per heavy atom. The van der Waals surface area contributed by atoms with E-state index in [4.69, 9.17) is 10.5 Å². The Labute approximate surface area is 108 Å². The fourth-order valence-electron chi connectivity index (χ4n) is 2.51. The molecule has 2 atom stereocenters. The van der Waals surface area contributed by atoms with Crippen molar-refractivity contribution in [1.82, 2.24) is 5.32 Å². The van der Waals surface area contributed by atoms with Crippen molar-refractivity contribution in [2.24, 2.45) is 5.73 Å². The summed E-state index contributed by atoms with van der Waals surface area (Å²) >= 11 is 0. The van der Waals surface area contributed by atoms with Crippen molar-refractivity contribution < 1.29 is 9.53 Å². The van der Waals surface area contributed by atoms with Crippen LogP contribution < -0.4 is 11.1 Å². The highest BCUT2D eigenvalue weighted by Gasteiger charge is 2.23. The molecule has 0 spiro atoms. The van der Waals surface area contributed by atoms with Crippen molar-refractivity contribution in [3.8, 4) is 0 Å². The third kappa shape index (κ3) is 3.09. The molecule has 1 aromatic rings. The standard InChI is InChI=1S/C14H20N2O2/c1-18-12-7-6-11(8-12)16-9-10-4-2-3-5-13(10)14(15)17/h2-5,11-12,16H,6-9H2,1H3,(H2,15,17). The highest BCUT2D eigenvalue weighted by Crippen LogP contribution is 2.22. The van der Waals surface area contributed by atoms with Gasteiger partial charge in [0.15, 0.2) is 0 Å². The largest absolute Gasteiger partial charge is 0.381 e. The second-order valence-electron chi connectivity index (χ2n) is 4.77. The summed E-state index contributed by atoms with van der Waals surface area (Å²) in [6, 6.07) is 7.94. The second kappa shape index (κ2) is 5.98. The fourth-order valence-corrected chi connectivity index (χ4v) is 2.51. The lowest BCUT2D eigenvalue weighted by atomic mass is 10.1. The molecule has 4 nitrogen and oxygen atoms in total. The Morgan fingerprint density at radius 1 is 1.44 bits per heavy atom. The van der Waals surface area contributed by atoms with Gasteiger partial charge in [-0.25, -0.2) is 0 Å². The predicted molar refractivity (Wildman–Crippen MR) is 70.2 cm³/mol. The molecule has 0 heterocycles. The minimum Gasteiger partial charge on any atom is -0.381 e. The lowest BCUT2D eigenvalue weighted by Gasteiger charge is -2.14. The number of carbonyl (C=O) groups is 1. The van der Waals surface area contributed by atoms with Gasteiger partial charge in [0.25, 0.3) is 0 Å². The average molecular weight is 248 g/mol. The van der Waals surface area contributed by atoms with Crippen LogP contribution in [0.15, 0.2) is 24.3 Å². The summed E-state index contributed by atoms with van der Waals surface area (Å²) in [6.45, 7) is 0.681. The van der Waals surface area contributed by atoms with Gasteiger partial charge in [-0.2, -0.15) is 0 Å². The van der Waals surface area contributed by atoms with Gasteiger partial charge in [-0.3, -0.25) is 4.79 Å². The zero-order valence-electron chi connectivity index (χ0n) is 10.7. The molecular weight excluding hydrogens is 228 g/mol. The summed E-state index contributed by atoms with van der Waals surface area (Å²) in [5.41, 5.74) is 6.92. The van der Waals surface area contributed by atoms with E-state index in [1.807, 2.05) is 18.2 Å². The van der Waals surface area contributed by atoms with Gasteiger partial charge in [-0.05, 0) is 30.9 Å². The van der Waals surface area contributed by atoms with Crippen LogP contribution >= 0.6 is 0 Å². The molecule has 1 amide bonds. The number of hydrogen-bond donors (Lipinski definition) is 2. The first-order valence-electron chi connectivity index (χ1n) is 6.34. The van der Waals surface area contributed by atoms with Crippen molar-refractivity contribution in [2.45, 2.75) is 38.0 Å². The molecule has 0 aromatic heterocycles. The Hall–Kier alpha value is -1.39. The van der Waals surface area contributed by atoms with E-state index >= 15 is 0 Å². The van der Waals surface area contributed by atoms with Crippen LogP contribution in [0.4, 0.5) is 0 Å². The first-order valence-corrected chi connectivity index (χ1v) is 6.34. The molecule has 18 heavy (non-hydrogen) atoms. The molecule has 1 aliphatic carbocycles. The van der Waals surface area contributed by atoms with E-state index < -0.39 is 0 Å². The molecule has 4 heteroatoms. The summed E-state index contributed by atoms with van der Waals surface area (Å²) < 4.78 is 5.34. The van der Waals surface area contributed by atoms with Crippen LogP contribution in [0.1, 0.15) is 35.2 Å². The maximum Gasteiger partial charge on any atom is 0.249 e. The summed E-state index contributed by atoms with van der Waals surface area (Å²) in [7, 11) is 1.76. The Morgan fingerprint density at radius 2 is 2.22 bits per heavy atom. The molecule has 2 rings (SSSR count). The van der Waals surface area contributed by atoms with Gasteiger partial charge in [0.2, 0.25) is 5.91 Å². The number of primary amides is 1. The fraction of sp³-hybridized carbons (Fsp3) is 0.500. The second-order valence-corrected chi connectivity index (χ2v) is 4.77. The third-order valence-electron chi connectivity index (χ3n) is 3.58. The molecule has 1 aromatic carbocycles. The van der Waals surface area contributed by atoms with Crippen LogP contribution in [0.3, 0.4) is 0 Å². The smallest absolute Gasteiger partial charge is 0.249 e. The van der Waals surface area contributed by atoms with Gasteiger partial charge < -0.3 is 15.8 Å². The Balaban J connectivity index is 1.92. The van der Waals surface area contributed by atoms with Crippen LogP contribution in [0.25, 0.3) is 0 Å². The number of carbonyl (C=O) groups excluding carboxylic acids is 1. The predicted octanol–water partition coefficient (Wildman–Crippen LogP) is 1.44. The molecule has 0 radical (unpaired) electrons. The molecule has 2 unspecified atom stereocenters. The number of hydrogen-bond acceptors (Lipinski definition) is 3. The third-order valence-corrected chi connectivity index (χ3v) is 3.58. The molecule has 0 bridgehead atoms. The summed E-state index contributed by atoms with van der Waals surface area (Å²) in [5.74, 6) is -0.367. The van der Waals surface area contributed by atoms with Gasteiger partial charge in [-0.1, -0.05) is 18.2 Å². The first-order chi connectivity index (χ1) is 8.70. The summed E-state index contributed by atoms with van der Waals surface area (Å²) in [4.78, 5) is 11.3. The van der Waals surface area contributed by atoms with E-state index in [-0.39, 0.29) is 5.91 Å². The highest BCUT2D eigenvalue weighted by molar-refractivity contribution is 5.94. The molecule has 0 saturated heterocycles. The number of ether oxygens (including phenoxy) is 1. The zero-order chi connectivity index (χ0) is 13.0. The molecule has 3 N–H and O–H groups in total. The van der Waals surface area contributed by atoms with Crippen molar-refractivity contribution in [3.05, 3.63) is 35.4 Å². The lowest BCUT2D eigenvalue weighted by molar-refractivity contribution is 0.0998. The molecule has 0 aliphatic heterocycles. The van der Waals surface area contributed by atoms with Crippen LogP contribution in [0.5, 0.6) is 0 Å². The number of benzene rings is 1. The van der Waals surface area contributed by atoms with E-state index in [0.29, 0.717) is 24.3 Å². The van der Waals surface area contributed by atoms with Crippen LogP contribution in [0, 0.1) is 0 Å². The van der Waals surface area contributed by atoms with Crippen molar-refractivity contribution in [1.29, 1.82) is 0 Å². The van der Waals surface area contributed by atoms with Gasteiger partial charge in [-0.15, -0.1) is 0 Å². The van der Waals surface area contributed by atoms with Crippen LogP contribution in [-0.4, -0.2) is 25.2 Å². The van der Waals surface area contributed by atoms with E-state index in [0.717, 1.165) is 24.8 Å². The number of nitrogens with two attached hydrogens (primary N) is 1. The van der Waals surface area contributed by atoms with E-state index in [1.165, 1.54) is 0 Å². The Bertz CT molecular complexity index is 420. The number of amides is 1. The number of nitrogens with one attached hydrogen (secondary N) is 1. The molecule has 1 fully saturated rings. The topological polar surface area (TPSA) is 64.3 Å². The van der Waals surface area contributed by atoms with E-state index in [1.54, 1.807) is 13.2 Å². The molecule has 1 aliphatic rings. The number of rotatable bonds is 5. The normalized spacial score (nSPS) is 23.2. The Kier molecular flexibility index (Phi) is 4.33. The zero-order valence-corrected chi connectivity index (χ0v) is 10.7. The van der Waals surface area contributed by atoms with Crippen molar-refractivity contribution in [3.63, 3.8) is 0 Å². The SMILES string of the molecule is COC1CCC(NCc2ccccc2C(N)=O)C1. The maximum atomic E-state index is 11.3. The minimum absolute atomic E-state index is 0.367. The highest BCUT2D eigenvalue weighted by atomic mass is 16.5. The monoisotopic (exact) mass is 248 g/mol. The number of methoxy groups -OCH3 is 1. The molecular formula is C14H20N2O2. The first kappa shape index (κ1) is 13.1. The maximum absolute atomic E-state index is 11.3. The van der Waals surface area contributed by atoms with Crippen LogP contribution in [-0.2, 0) is 11.3 Å². The van der Waals surface area contributed by atoms with E-state index in [9.17, 15) is 4.79 Å². The van der Waals surface area contributed by atoms with Crippen molar-refractivity contribution in [2.75, 3.05) is 7.11 Å². The summed E-state index contributed by atoms with van der Waals surface area (Å²) in [6.07, 6.45) is 3.63. The van der Waals surface area contributed by atoms with Crippen molar-refractivity contribution >= 4 is 5.91 Å². The molecule has 98 valence electrons.